The molecule has 0 amide bonds. The first-order valence-electron chi connectivity index (χ1n) is 9.94. The lowest BCUT2D eigenvalue weighted by atomic mass is 10.00. The Labute approximate surface area is 169 Å². The molecule has 0 radical (unpaired) electrons. The molecular weight excluding hydrogens is 356 g/mol. The molecule has 142 valence electrons. The van der Waals surface area contributed by atoms with E-state index in [4.69, 9.17) is 0 Å². The van der Waals surface area contributed by atoms with Gasteiger partial charge in [-0.25, -0.2) is 4.68 Å². The van der Waals surface area contributed by atoms with Gasteiger partial charge in [-0.15, -0.1) is 0 Å². The van der Waals surface area contributed by atoms with Gasteiger partial charge >= 0.3 is 0 Å². The van der Waals surface area contributed by atoms with Gasteiger partial charge in [-0.3, -0.25) is 4.98 Å². The largest absolute Gasteiger partial charge is 0.313 e. The van der Waals surface area contributed by atoms with Crippen LogP contribution in [0.3, 0.4) is 0 Å². The van der Waals surface area contributed by atoms with Gasteiger partial charge in [0, 0.05) is 35.3 Å². The van der Waals surface area contributed by atoms with E-state index >= 15 is 0 Å². The Balaban J connectivity index is 1.57. The quantitative estimate of drug-likeness (QED) is 0.448. The summed E-state index contributed by atoms with van der Waals surface area (Å²) in [7, 11) is 0. The van der Waals surface area contributed by atoms with Crippen LogP contribution in [-0.4, -0.2) is 21.3 Å². The number of nitrogens with zero attached hydrogens (tertiary/aromatic N) is 3. The van der Waals surface area contributed by atoms with Crippen molar-refractivity contribution in [2.24, 2.45) is 0 Å². The summed E-state index contributed by atoms with van der Waals surface area (Å²) < 4.78 is 2.01. The maximum Gasteiger partial charge on any atom is 0.0741 e. The molecule has 5 rings (SSSR count). The van der Waals surface area contributed by atoms with E-state index in [1.54, 1.807) is 0 Å². The highest BCUT2D eigenvalue weighted by molar-refractivity contribution is 5.97. The zero-order chi connectivity index (χ0) is 19.6. The molecule has 0 saturated carbocycles. The van der Waals surface area contributed by atoms with Gasteiger partial charge in [-0.1, -0.05) is 49.4 Å². The molecule has 0 aliphatic carbocycles. The lowest BCUT2D eigenvalue weighted by molar-refractivity contribution is 0.725. The molecular formula is C25H22N4. The summed E-state index contributed by atoms with van der Waals surface area (Å²) >= 11 is 0. The zero-order valence-electron chi connectivity index (χ0n) is 16.3. The smallest absolute Gasteiger partial charge is 0.0741 e. The number of fused-ring (bicyclic) bond motifs is 2. The lowest BCUT2D eigenvalue weighted by Crippen LogP contribution is -2.11. The number of hydrogen-bond acceptors (Lipinski definition) is 3. The number of benzene rings is 3. The highest BCUT2D eigenvalue weighted by Gasteiger charge is 2.09. The number of hydrogen-bond donors (Lipinski definition) is 1. The molecule has 0 bridgehead atoms. The Kier molecular flexibility index (Phi) is 4.54. The molecule has 1 N–H and O–H groups in total. The Bertz CT molecular complexity index is 1300. The van der Waals surface area contributed by atoms with Crippen LogP contribution >= 0.6 is 0 Å². The highest BCUT2D eigenvalue weighted by Crippen LogP contribution is 2.30. The van der Waals surface area contributed by atoms with Crippen LogP contribution in [0.4, 0.5) is 0 Å². The maximum atomic E-state index is 4.66. The van der Waals surface area contributed by atoms with Crippen molar-refractivity contribution in [2.45, 2.75) is 13.5 Å². The van der Waals surface area contributed by atoms with Crippen LogP contribution in [0.1, 0.15) is 12.5 Å². The van der Waals surface area contributed by atoms with Crippen molar-refractivity contribution in [3.8, 4) is 16.8 Å². The van der Waals surface area contributed by atoms with E-state index in [2.05, 4.69) is 83.0 Å². The number of aromatic nitrogens is 3. The van der Waals surface area contributed by atoms with Gasteiger partial charge in [0.05, 0.1) is 17.4 Å². The molecule has 0 unspecified atom stereocenters. The molecule has 0 aliphatic heterocycles. The van der Waals surface area contributed by atoms with Crippen molar-refractivity contribution in [1.82, 2.24) is 20.1 Å². The first-order valence-corrected chi connectivity index (χ1v) is 9.94. The minimum atomic E-state index is 0.863. The molecule has 0 fully saturated rings. The molecule has 0 spiro atoms. The standard InChI is InChI=1S/C25H22N4/c1-2-26-14-18-6-5-8-22(12-18)29-25-11-10-19(13-21(25)16-28-29)24-17-27-15-20-7-3-4-9-23(20)24/h3-13,15-17,26H,2,14H2,1H3. The summed E-state index contributed by atoms with van der Waals surface area (Å²) in [5, 5.41) is 11.5. The minimum absolute atomic E-state index is 0.863. The molecule has 29 heavy (non-hydrogen) atoms. The van der Waals surface area contributed by atoms with Crippen LogP contribution in [0.15, 0.2) is 85.3 Å². The number of rotatable bonds is 5. The van der Waals surface area contributed by atoms with Gasteiger partial charge in [0.15, 0.2) is 0 Å². The third kappa shape index (κ3) is 3.28. The van der Waals surface area contributed by atoms with Gasteiger partial charge in [0.1, 0.15) is 0 Å². The summed E-state index contributed by atoms with van der Waals surface area (Å²) in [5.74, 6) is 0. The zero-order valence-corrected chi connectivity index (χ0v) is 16.3. The van der Waals surface area contributed by atoms with Crippen molar-refractivity contribution in [3.05, 3.63) is 90.9 Å². The van der Waals surface area contributed by atoms with Crippen LogP contribution < -0.4 is 5.32 Å². The fourth-order valence-electron chi connectivity index (χ4n) is 3.82. The second kappa shape index (κ2) is 7.49. The van der Waals surface area contributed by atoms with E-state index in [-0.39, 0.29) is 0 Å². The Morgan fingerprint density at radius 3 is 2.72 bits per heavy atom. The third-order valence-electron chi connectivity index (χ3n) is 5.28. The fourth-order valence-corrected chi connectivity index (χ4v) is 3.82. The molecule has 4 heteroatoms. The molecule has 3 aromatic carbocycles. The number of nitrogens with one attached hydrogen (secondary N) is 1. The average molecular weight is 378 g/mol. The number of pyridine rings is 1. The second-order valence-corrected chi connectivity index (χ2v) is 7.19. The molecule has 0 saturated heterocycles. The van der Waals surface area contributed by atoms with E-state index in [9.17, 15) is 0 Å². The molecule has 4 nitrogen and oxygen atoms in total. The topological polar surface area (TPSA) is 42.7 Å². The summed E-state index contributed by atoms with van der Waals surface area (Å²) in [4.78, 5) is 4.43. The van der Waals surface area contributed by atoms with E-state index in [0.717, 1.165) is 46.2 Å². The molecule has 2 heterocycles. The predicted molar refractivity (Wildman–Crippen MR) is 119 cm³/mol. The molecule has 2 aromatic heterocycles. The maximum absolute atomic E-state index is 4.66. The summed E-state index contributed by atoms with van der Waals surface area (Å²) in [5.41, 5.74) is 5.73. The van der Waals surface area contributed by atoms with E-state index in [1.807, 2.05) is 29.3 Å². The van der Waals surface area contributed by atoms with Crippen molar-refractivity contribution < 1.29 is 0 Å². The van der Waals surface area contributed by atoms with E-state index in [1.165, 1.54) is 10.9 Å². The van der Waals surface area contributed by atoms with Gasteiger partial charge in [0.25, 0.3) is 0 Å². The molecule has 5 aromatic rings. The van der Waals surface area contributed by atoms with Crippen molar-refractivity contribution in [3.63, 3.8) is 0 Å². The van der Waals surface area contributed by atoms with Crippen LogP contribution in [0, 0.1) is 0 Å². The van der Waals surface area contributed by atoms with Crippen molar-refractivity contribution >= 4 is 21.7 Å². The molecule has 0 atom stereocenters. The summed E-state index contributed by atoms with van der Waals surface area (Å²) in [6.45, 7) is 3.94. The average Bonchev–Trinajstić information content (AvgIpc) is 3.21. The van der Waals surface area contributed by atoms with Crippen LogP contribution in [-0.2, 0) is 6.54 Å². The summed E-state index contributed by atoms with van der Waals surface area (Å²) in [6, 6.07) is 23.4. The lowest BCUT2D eigenvalue weighted by Gasteiger charge is -2.09. The SMILES string of the molecule is CCNCc1cccc(-n2ncc3cc(-c4cncc5ccccc45)ccc32)c1. The predicted octanol–water partition coefficient (Wildman–Crippen LogP) is 5.35. The minimum Gasteiger partial charge on any atom is -0.313 e. The highest BCUT2D eigenvalue weighted by atomic mass is 15.3. The Hall–Kier alpha value is -3.50. The van der Waals surface area contributed by atoms with Crippen molar-refractivity contribution in [1.29, 1.82) is 0 Å². The van der Waals surface area contributed by atoms with Gasteiger partial charge < -0.3 is 5.32 Å². The summed E-state index contributed by atoms with van der Waals surface area (Å²) in [6.07, 6.45) is 5.79. The first-order chi connectivity index (χ1) is 14.3. The Morgan fingerprint density at radius 2 is 1.79 bits per heavy atom. The van der Waals surface area contributed by atoms with Gasteiger partial charge in [-0.05, 0) is 47.3 Å². The van der Waals surface area contributed by atoms with E-state index < -0.39 is 0 Å². The third-order valence-corrected chi connectivity index (χ3v) is 5.28. The second-order valence-electron chi connectivity index (χ2n) is 7.19. The van der Waals surface area contributed by atoms with Gasteiger partial charge in [0.2, 0.25) is 0 Å². The Morgan fingerprint density at radius 1 is 0.862 bits per heavy atom. The van der Waals surface area contributed by atoms with Crippen LogP contribution in [0.2, 0.25) is 0 Å². The first kappa shape index (κ1) is 17.6. The monoisotopic (exact) mass is 378 g/mol. The molecule has 0 aliphatic rings. The van der Waals surface area contributed by atoms with Crippen LogP contribution in [0.5, 0.6) is 0 Å². The van der Waals surface area contributed by atoms with Crippen LogP contribution in [0.25, 0.3) is 38.5 Å². The van der Waals surface area contributed by atoms with E-state index in [0.29, 0.717) is 0 Å². The van der Waals surface area contributed by atoms with Crippen molar-refractivity contribution in [2.75, 3.05) is 6.54 Å². The fraction of sp³-hybridized carbons (Fsp3) is 0.120. The van der Waals surface area contributed by atoms with Gasteiger partial charge in [-0.2, -0.15) is 5.10 Å². The normalized spacial score (nSPS) is 11.3.